The Balaban J connectivity index is 1.90. The molecule has 1 aliphatic heterocycles. The van der Waals surface area contributed by atoms with Gasteiger partial charge in [0, 0.05) is 57.4 Å². The Morgan fingerprint density at radius 2 is 1.73 bits per heavy atom. The summed E-state index contributed by atoms with van der Waals surface area (Å²) in [5.74, 6) is -0.0797. The van der Waals surface area contributed by atoms with Crippen LogP contribution in [-0.2, 0) is 9.59 Å². The van der Waals surface area contributed by atoms with Crippen LogP contribution in [0.2, 0.25) is 0 Å². The quantitative estimate of drug-likeness (QED) is 0.829. The maximum absolute atomic E-state index is 12.4. The molecule has 0 aliphatic carbocycles. The van der Waals surface area contributed by atoms with Crippen molar-refractivity contribution >= 4 is 23.4 Å². The summed E-state index contributed by atoms with van der Waals surface area (Å²) in [7, 11) is 0. The maximum Gasteiger partial charge on any atom is 0.253 e. The third-order valence-corrected chi connectivity index (χ3v) is 4.63. The lowest BCUT2D eigenvalue weighted by atomic mass is 10.1. The van der Waals surface area contributed by atoms with Gasteiger partial charge in [0.2, 0.25) is 11.8 Å². The van der Waals surface area contributed by atoms with Gasteiger partial charge in [0.25, 0.3) is 5.91 Å². The zero-order chi connectivity index (χ0) is 19.1. The van der Waals surface area contributed by atoms with Gasteiger partial charge in [0.15, 0.2) is 0 Å². The molecule has 2 rings (SSSR count). The van der Waals surface area contributed by atoms with Crippen LogP contribution >= 0.6 is 0 Å². The third-order valence-electron chi connectivity index (χ3n) is 4.63. The molecule has 1 N–H and O–H groups in total. The highest BCUT2D eigenvalue weighted by atomic mass is 16.2. The Labute approximate surface area is 154 Å². The fourth-order valence-corrected chi connectivity index (χ4v) is 3.05. The number of anilines is 1. The average Bonchev–Trinajstić information content (AvgIpc) is 2.63. The van der Waals surface area contributed by atoms with E-state index < -0.39 is 0 Å². The summed E-state index contributed by atoms with van der Waals surface area (Å²) in [5.41, 5.74) is 1.19. The van der Waals surface area contributed by atoms with Crippen LogP contribution < -0.4 is 5.32 Å². The lowest BCUT2D eigenvalue weighted by Gasteiger charge is -2.33. The van der Waals surface area contributed by atoms with Crippen molar-refractivity contribution in [3.05, 3.63) is 29.8 Å². The van der Waals surface area contributed by atoms with Crippen LogP contribution in [0.5, 0.6) is 0 Å². The first-order chi connectivity index (χ1) is 12.4. The number of amides is 3. The van der Waals surface area contributed by atoms with Crippen LogP contribution in [0.3, 0.4) is 0 Å². The molecule has 7 heteroatoms. The van der Waals surface area contributed by atoms with Crippen molar-refractivity contribution < 1.29 is 14.4 Å². The van der Waals surface area contributed by atoms with Crippen LogP contribution in [0.15, 0.2) is 24.3 Å². The molecule has 1 aromatic rings. The highest BCUT2D eigenvalue weighted by molar-refractivity contribution is 5.97. The number of carbonyl (C=O) groups excluding carboxylic acids is 3. The van der Waals surface area contributed by atoms with Gasteiger partial charge in [0.1, 0.15) is 0 Å². The Morgan fingerprint density at radius 1 is 1.08 bits per heavy atom. The molecule has 7 nitrogen and oxygen atoms in total. The molecule has 1 aromatic carbocycles. The Morgan fingerprint density at radius 3 is 2.31 bits per heavy atom. The minimum absolute atomic E-state index is 0.0357. The molecular formula is C19H28N4O3. The molecule has 26 heavy (non-hydrogen) atoms. The van der Waals surface area contributed by atoms with E-state index in [0.29, 0.717) is 50.5 Å². The van der Waals surface area contributed by atoms with Crippen molar-refractivity contribution in [2.75, 3.05) is 51.1 Å². The minimum Gasteiger partial charge on any atom is -0.340 e. The van der Waals surface area contributed by atoms with Gasteiger partial charge in [0.05, 0.1) is 6.54 Å². The summed E-state index contributed by atoms with van der Waals surface area (Å²) in [6.45, 7) is 9.71. The number of nitrogens with one attached hydrogen (secondary N) is 1. The first-order valence-electron chi connectivity index (χ1n) is 9.11. The highest BCUT2D eigenvalue weighted by Gasteiger charge is 2.20. The Bertz CT molecular complexity index is 650. The van der Waals surface area contributed by atoms with Crippen LogP contribution in [0.25, 0.3) is 0 Å². The van der Waals surface area contributed by atoms with E-state index in [0.717, 1.165) is 0 Å². The number of hydrogen-bond acceptors (Lipinski definition) is 4. The van der Waals surface area contributed by atoms with Gasteiger partial charge >= 0.3 is 0 Å². The number of benzene rings is 1. The Kier molecular flexibility index (Phi) is 7.15. The minimum atomic E-state index is -0.117. The predicted molar refractivity (Wildman–Crippen MR) is 101 cm³/mol. The van der Waals surface area contributed by atoms with Crippen molar-refractivity contribution in [3.8, 4) is 0 Å². The fraction of sp³-hybridized carbons (Fsp3) is 0.526. The summed E-state index contributed by atoms with van der Waals surface area (Å²) in [6, 6.07) is 7.03. The van der Waals surface area contributed by atoms with Crippen molar-refractivity contribution in [2.24, 2.45) is 0 Å². The normalized spacial score (nSPS) is 14.8. The van der Waals surface area contributed by atoms with Crippen molar-refractivity contribution in [2.45, 2.75) is 20.8 Å². The van der Waals surface area contributed by atoms with E-state index in [1.807, 2.05) is 18.7 Å². The van der Waals surface area contributed by atoms with Crippen molar-refractivity contribution in [1.29, 1.82) is 0 Å². The number of hydrogen-bond donors (Lipinski definition) is 1. The van der Waals surface area contributed by atoms with Gasteiger partial charge in [-0.05, 0) is 32.0 Å². The lowest BCUT2D eigenvalue weighted by molar-refractivity contribution is -0.130. The van der Waals surface area contributed by atoms with E-state index in [1.165, 1.54) is 0 Å². The molecule has 0 radical (unpaired) electrons. The van der Waals surface area contributed by atoms with Crippen LogP contribution in [0, 0.1) is 0 Å². The summed E-state index contributed by atoms with van der Waals surface area (Å²) in [6.07, 6.45) is 0. The molecule has 1 aliphatic rings. The maximum atomic E-state index is 12.4. The molecule has 0 bridgehead atoms. The first kappa shape index (κ1) is 19.9. The van der Waals surface area contributed by atoms with E-state index in [1.54, 1.807) is 41.0 Å². The molecule has 1 saturated heterocycles. The second-order valence-electron chi connectivity index (χ2n) is 6.39. The van der Waals surface area contributed by atoms with Crippen molar-refractivity contribution in [3.63, 3.8) is 0 Å². The second kappa shape index (κ2) is 9.33. The topological polar surface area (TPSA) is 73.0 Å². The predicted octanol–water partition coefficient (Wildman–Crippen LogP) is 1.27. The molecule has 0 aromatic heterocycles. The summed E-state index contributed by atoms with van der Waals surface area (Å²) in [4.78, 5) is 41.6. The van der Waals surface area contributed by atoms with E-state index in [-0.39, 0.29) is 24.3 Å². The number of piperazine rings is 1. The van der Waals surface area contributed by atoms with Gasteiger partial charge in [-0.3, -0.25) is 19.3 Å². The van der Waals surface area contributed by atoms with E-state index in [9.17, 15) is 14.4 Å². The van der Waals surface area contributed by atoms with Crippen LogP contribution in [0.1, 0.15) is 31.1 Å². The van der Waals surface area contributed by atoms with E-state index in [2.05, 4.69) is 5.32 Å². The molecule has 3 amide bonds. The number of nitrogens with zero attached hydrogens (tertiary/aromatic N) is 3. The number of carbonyl (C=O) groups is 3. The second-order valence-corrected chi connectivity index (χ2v) is 6.39. The number of rotatable bonds is 6. The molecular weight excluding hydrogens is 332 g/mol. The third kappa shape index (κ3) is 5.29. The van der Waals surface area contributed by atoms with Gasteiger partial charge in [-0.2, -0.15) is 0 Å². The molecule has 1 heterocycles. The molecule has 142 valence electrons. The van der Waals surface area contributed by atoms with Gasteiger partial charge in [-0.25, -0.2) is 0 Å². The van der Waals surface area contributed by atoms with Crippen molar-refractivity contribution in [1.82, 2.24) is 14.7 Å². The summed E-state index contributed by atoms with van der Waals surface area (Å²) < 4.78 is 0. The first-order valence-corrected chi connectivity index (χ1v) is 9.11. The molecule has 1 fully saturated rings. The summed E-state index contributed by atoms with van der Waals surface area (Å²) in [5, 5.41) is 2.86. The lowest BCUT2D eigenvalue weighted by Crippen LogP contribution is -2.49. The van der Waals surface area contributed by atoms with E-state index >= 15 is 0 Å². The monoisotopic (exact) mass is 360 g/mol. The zero-order valence-corrected chi connectivity index (χ0v) is 15.8. The van der Waals surface area contributed by atoms with Gasteiger partial charge < -0.3 is 15.1 Å². The van der Waals surface area contributed by atoms with Crippen LogP contribution in [0.4, 0.5) is 5.69 Å². The molecule has 0 saturated carbocycles. The smallest absolute Gasteiger partial charge is 0.253 e. The Hall–Kier alpha value is -2.41. The van der Waals surface area contributed by atoms with Gasteiger partial charge in [-0.15, -0.1) is 0 Å². The molecule has 0 spiro atoms. The standard InChI is InChI=1S/C19H28N4O3/c1-4-22(5-2)19(26)16-7-6-8-17(13-16)20-18(25)14-21-9-11-23(12-10-21)15(3)24/h6-8,13H,4-5,9-12,14H2,1-3H3,(H,20,25). The van der Waals surface area contributed by atoms with Crippen LogP contribution in [-0.4, -0.2) is 78.2 Å². The fourth-order valence-electron chi connectivity index (χ4n) is 3.05. The van der Waals surface area contributed by atoms with Gasteiger partial charge in [-0.1, -0.05) is 6.07 Å². The largest absolute Gasteiger partial charge is 0.340 e. The summed E-state index contributed by atoms with van der Waals surface area (Å²) >= 11 is 0. The SMILES string of the molecule is CCN(CC)C(=O)c1cccc(NC(=O)CN2CCN(C(C)=O)CC2)c1. The molecule has 0 atom stereocenters. The van der Waals surface area contributed by atoms with E-state index in [4.69, 9.17) is 0 Å². The zero-order valence-electron chi connectivity index (χ0n) is 15.8. The highest BCUT2D eigenvalue weighted by Crippen LogP contribution is 2.13. The molecule has 0 unspecified atom stereocenters. The average molecular weight is 360 g/mol.